The number of allylic oxidation sites excluding steroid dienone is 4. The number of benzene rings is 2. The van der Waals surface area contributed by atoms with Gasteiger partial charge in [-0.1, -0.05) is 72.8 Å². The van der Waals surface area contributed by atoms with Gasteiger partial charge in [0, 0.05) is 5.41 Å². The van der Waals surface area contributed by atoms with Gasteiger partial charge in [-0.3, -0.25) is 0 Å². The second-order valence-electron chi connectivity index (χ2n) is 6.68. The standard InChI is InChI=1S/C21H18/c1-2-8-16-14-21(13-15(16)7-1)19-11-5-3-9-17(19)18-10-4-6-12-20(18)21/h1-12,15-16H,13-14H2. The van der Waals surface area contributed by atoms with E-state index in [-0.39, 0.29) is 5.41 Å². The van der Waals surface area contributed by atoms with E-state index < -0.39 is 0 Å². The highest BCUT2D eigenvalue weighted by atomic mass is 14.5. The molecular weight excluding hydrogens is 252 g/mol. The molecule has 0 radical (unpaired) electrons. The molecule has 1 saturated carbocycles. The Kier molecular flexibility index (Phi) is 2.19. The molecule has 0 heteroatoms. The number of fused-ring (bicyclic) bond motifs is 6. The van der Waals surface area contributed by atoms with Crippen molar-refractivity contribution in [3.05, 3.63) is 84.0 Å². The van der Waals surface area contributed by atoms with Crippen LogP contribution >= 0.6 is 0 Å². The van der Waals surface area contributed by atoms with E-state index in [1.807, 2.05) is 0 Å². The second-order valence-corrected chi connectivity index (χ2v) is 6.68. The van der Waals surface area contributed by atoms with Crippen LogP contribution in [-0.4, -0.2) is 0 Å². The van der Waals surface area contributed by atoms with Crippen LogP contribution in [-0.2, 0) is 5.41 Å². The Morgan fingerprint density at radius 3 is 1.67 bits per heavy atom. The van der Waals surface area contributed by atoms with Crippen LogP contribution in [0.15, 0.2) is 72.8 Å². The lowest BCUT2D eigenvalue weighted by Crippen LogP contribution is -2.21. The molecule has 2 aromatic rings. The second kappa shape index (κ2) is 3.98. The zero-order valence-corrected chi connectivity index (χ0v) is 12.0. The first-order valence-electron chi connectivity index (χ1n) is 7.93. The Labute approximate surface area is 125 Å². The molecule has 3 aliphatic carbocycles. The van der Waals surface area contributed by atoms with Gasteiger partial charge in [-0.05, 0) is 46.9 Å². The first-order valence-corrected chi connectivity index (χ1v) is 7.93. The highest BCUT2D eigenvalue weighted by Crippen LogP contribution is 2.60. The molecule has 1 fully saturated rings. The van der Waals surface area contributed by atoms with Crippen molar-refractivity contribution in [2.45, 2.75) is 18.3 Å². The summed E-state index contributed by atoms with van der Waals surface area (Å²) in [4.78, 5) is 0. The van der Waals surface area contributed by atoms with E-state index in [1.54, 1.807) is 11.1 Å². The summed E-state index contributed by atoms with van der Waals surface area (Å²) >= 11 is 0. The quantitative estimate of drug-likeness (QED) is 0.624. The van der Waals surface area contributed by atoms with Crippen molar-refractivity contribution in [3.63, 3.8) is 0 Å². The van der Waals surface area contributed by atoms with Crippen LogP contribution < -0.4 is 0 Å². The maximum absolute atomic E-state index is 2.42. The van der Waals surface area contributed by atoms with Crippen molar-refractivity contribution >= 4 is 0 Å². The number of hydrogen-bond acceptors (Lipinski definition) is 0. The maximum atomic E-state index is 2.42. The zero-order valence-electron chi connectivity index (χ0n) is 12.0. The summed E-state index contributed by atoms with van der Waals surface area (Å²) in [6.07, 6.45) is 11.8. The monoisotopic (exact) mass is 270 g/mol. The van der Waals surface area contributed by atoms with E-state index in [2.05, 4.69) is 72.8 Å². The fraction of sp³-hybridized carbons (Fsp3) is 0.238. The average molecular weight is 270 g/mol. The maximum Gasteiger partial charge on any atom is 0.0226 e. The van der Waals surface area contributed by atoms with Crippen LogP contribution in [0.25, 0.3) is 11.1 Å². The van der Waals surface area contributed by atoms with E-state index in [1.165, 1.54) is 24.0 Å². The Morgan fingerprint density at radius 2 is 1.14 bits per heavy atom. The van der Waals surface area contributed by atoms with Gasteiger partial charge in [0.1, 0.15) is 0 Å². The molecule has 2 atom stereocenters. The molecular formula is C21H18. The van der Waals surface area contributed by atoms with Gasteiger partial charge in [0.15, 0.2) is 0 Å². The predicted octanol–water partition coefficient (Wildman–Crippen LogP) is 5.11. The van der Waals surface area contributed by atoms with Crippen molar-refractivity contribution in [3.8, 4) is 11.1 Å². The molecule has 2 unspecified atom stereocenters. The van der Waals surface area contributed by atoms with Gasteiger partial charge < -0.3 is 0 Å². The minimum absolute atomic E-state index is 0.238. The lowest BCUT2D eigenvalue weighted by atomic mass is 9.76. The SMILES string of the molecule is C1=CC2CC3(CC2C=C1)c1ccccc1-c1ccccc13. The predicted molar refractivity (Wildman–Crippen MR) is 87.2 cm³/mol. The molecule has 0 bridgehead atoms. The third-order valence-electron chi connectivity index (χ3n) is 5.72. The fourth-order valence-electron chi connectivity index (χ4n) is 4.88. The van der Waals surface area contributed by atoms with Crippen LogP contribution in [0, 0.1) is 11.8 Å². The van der Waals surface area contributed by atoms with Crippen LogP contribution in [0.1, 0.15) is 24.0 Å². The molecule has 0 nitrogen and oxygen atoms in total. The summed E-state index contributed by atoms with van der Waals surface area (Å²) in [5.41, 5.74) is 6.27. The zero-order chi connectivity index (χ0) is 13.9. The summed E-state index contributed by atoms with van der Waals surface area (Å²) in [7, 11) is 0. The molecule has 0 heterocycles. The van der Waals surface area contributed by atoms with Crippen molar-refractivity contribution in [1.29, 1.82) is 0 Å². The molecule has 21 heavy (non-hydrogen) atoms. The molecule has 0 N–H and O–H groups in total. The summed E-state index contributed by atoms with van der Waals surface area (Å²) < 4.78 is 0. The minimum atomic E-state index is 0.238. The first kappa shape index (κ1) is 11.6. The summed E-state index contributed by atoms with van der Waals surface area (Å²) in [5.74, 6) is 1.41. The molecule has 2 aromatic carbocycles. The highest BCUT2D eigenvalue weighted by Gasteiger charge is 2.50. The summed E-state index contributed by atoms with van der Waals surface area (Å²) in [6.45, 7) is 0. The van der Waals surface area contributed by atoms with E-state index in [0.717, 1.165) is 0 Å². The van der Waals surface area contributed by atoms with E-state index >= 15 is 0 Å². The molecule has 0 aromatic heterocycles. The van der Waals surface area contributed by atoms with Crippen LogP contribution in [0.2, 0.25) is 0 Å². The van der Waals surface area contributed by atoms with E-state index in [0.29, 0.717) is 11.8 Å². The van der Waals surface area contributed by atoms with Gasteiger partial charge in [-0.2, -0.15) is 0 Å². The van der Waals surface area contributed by atoms with Crippen LogP contribution in [0.5, 0.6) is 0 Å². The Balaban J connectivity index is 1.77. The molecule has 1 spiro atoms. The molecule has 0 aliphatic heterocycles. The molecule has 5 rings (SSSR count). The minimum Gasteiger partial charge on any atom is -0.0808 e. The molecule has 3 aliphatic rings. The number of rotatable bonds is 0. The Hall–Kier alpha value is -2.08. The largest absolute Gasteiger partial charge is 0.0808 e. The lowest BCUT2D eigenvalue weighted by Gasteiger charge is -2.27. The molecule has 0 amide bonds. The van der Waals surface area contributed by atoms with Crippen molar-refractivity contribution in [2.24, 2.45) is 11.8 Å². The van der Waals surface area contributed by atoms with E-state index in [4.69, 9.17) is 0 Å². The lowest BCUT2D eigenvalue weighted by molar-refractivity contribution is 0.530. The third kappa shape index (κ3) is 1.40. The van der Waals surface area contributed by atoms with Crippen molar-refractivity contribution in [2.75, 3.05) is 0 Å². The average Bonchev–Trinajstić information content (AvgIpc) is 3.06. The van der Waals surface area contributed by atoms with E-state index in [9.17, 15) is 0 Å². The topological polar surface area (TPSA) is 0 Å². The number of hydrogen-bond donors (Lipinski definition) is 0. The van der Waals surface area contributed by atoms with Crippen molar-refractivity contribution in [1.82, 2.24) is 0 Å². The summed E-state index contributed by atoms with van der Waals surface area (Å²) in [6, 6.07) is 18.1. The van der Waals surface area contributed by atoms with Crippen LogP contribution in [0.4, 0.5) is 0 Å². The van der Waals surface area contributed by atoms with Crippen LogP contribution in [0.3, 0.4) is 0 Å². The van der Waals surface area contributed by atoms with Gasteiger partial charge in [0.25, 0.3) is 0 Å². The highest BCUT2D eigenvalue weighted by molar-refractivity contribution is 5.81. The fourth-order valence-corrected chi connectivity index (χ4v) is 4.88. The van der Waals surface area contributed by atoms with Gasteiger partial charge in [0.05, 0.1) is 0 Å². The van der Waals surface area contributed by atoms with Gasteiger partial charge in [0.2, 0.25) is 0 Å². The summed E-state index contributed by atoms with van der Waals surface area (Å²) in [5, 5.41) is 0. The van der Waals surface area contributed by atoms with Gasteiger partial charge in [-0.25, -0.2) is 0 Å². The smallest absolute Gasteiger partial charge is 0.0226 e. The molecule has 102 valence electrons. The first-order chi connectivity index (χ1) is 10.4. The Morgan fingerprint density at radius 1 is 0.667 bits per heavy atom. The normalized spacial score (nSPS) is 26.7. The Bertz CT molecular complexity index is 711. The van der Waals surface area contributed by atoms with Gasteiger partial charge >= 0.3 is 0 Å². The molecule has 0 saturated heterocycles. The van der Waals surface area contributed by atoms with Crippen molar-refractivity contribution < 1.29 is 0 Å². The third-order valence-corrected chi connectivity index (χ3v) is 5.72. The van der Waals surface area contributed by atoms with Gasteiger partial charge in [-0.15, -0.1) is 0 Å².